The van der Waals surface area contributed by atoms with Crippen LogP contribution in [0, 0.1) is 0 Å². The fraction of sp³-hybridized carbons (Fsp3) is 0.538. The van der Waals surface area contributed by atoms with Gasteiger partial charge in [-0.1, -0.05) is 24.3 Å². The van der Waals surface area contributed by atoms with Crippen molar-refractivity contribution in [3.8, 4) is 0 Å². The molecule has 14 heavy (non-hydrogen) atoms. The Morgan fingerprint density at radius 1 is 1.50 bits per heavy atom. The molecule has 0 radical (unpaired) electrons. The summed E-state index contributed by atoms with van der Waals surface area (Å²) in [5, 5.41) is 2.53. The van der Waals surface area contributed by atoms with Crippen LogP contribution in [0.25, 0.3) is 0 Å². The van der Waals surface area contributed by atoms with E-state index in [-0.39, 0.29) is 0 Å². The van der Waals surface area contributed by atoms with E-state index >= 15 is 0 Å². The van der Waals surface area contributed by atoms with Gasteiger partial charge in [0.25, 0.3) is 0 Å². The fourth-order valence-electron chi connectivity index (χ4n) is 2.59. The molecule has 1 heterocycles. The first kappa shape index (κ1) is 9.72. The van der Waals surface area contributed by atoms with Gasteiger partial charge in [0.2, 0.25) is 0 Å². The zero-order valence-corrected chi connectivity index (χ0v) is 8.84. The van der Waals surface area contributed by atoms with Gasteiger partial charge in [-0.2, -0.15) is 0 Å². The van der Waals surface area contributed by atoms with Crippen molar-refractivity contribution in [2.24, 2.45) is 0 Å². The minimum absolute atomic E-state index is 0.704. The smallest absolute Gasteiger partial charge is 0.111 e. The molecule has 0 aromatic heterocycles. The standard InChI is InChI=1S/C13H19N/c1-3-4-12-8-7-11-6-5-10(2)9-13(11)14-12/h3,7,12-14H,1-2,4-6,8-9H2/p+1/t12-,13+/m0/s1. The summed E-state index contributed by atoms with van der Waals surface area (Å²) < 4.78 is 0. The van der Waals surface area contributed by atoms with E-state index in [0.717, 1.165) is 12.5 Å². The van der Waals surface area contributed by atoms with Gasteiger partial charge in [0, 0.05) is 19.3 Å². The maximum absolute atomic E-state index is 4.11. The maximum atomic E-state index is 4.11. The number of nitrogens with two attached hydrogens (primary N) is 1. The SMILES string of the molecule is C=CC[C@H]1CC=C2CCC(=C)C[C@H]2[NH2+]1. The first-order valence-corrected chi connectivity index (χ1v) is 5.61. The van der Waals surface area contributed by atoms with Crippen LogP contribution in [-0.4, -0.2) is 12.1 Å². The molecule has 1 aliphatic heterocycles. The predicted octanol–water partition coefficient (Wildman–Crippen LogP) is 1.93. The molecule has 1 fully saturated rings. The Morgan fingerprint density at radius 3 is 3.14 bits per heavy atom. The van der Waals surface area contributed by atoms with E-state index in [2.05, 4.69) is 24.6 Å². The van der Waals surface area contributed by atoms with Crippen LogP contribution in [0.3, 0.4) is 0 Å². The van der Waals surface area contributed by atoms with Crippen molar-refractivity contribution in [2.75, 3.05) is 0 Å². The molecule has 0 unspecified atom stereocenters. The highest BCUT2D eigenvalue weighted by atomic mass is 15.0. The lowest BCUT2D eigenvalue weighted by molar-refractivity contribution is -0.716. The van der Waals surface area contributed by atoms with Crippen LogP contribution < -0.4 is 5.32 Å². The van der Waals surface area contributed by atoms with E-state index < -0.39 is 0 Å². The first-order chi connectivity index (χ1) is 6.79. The second-order valence-electron chi connectivity index (χ2n) is 4.55. The summed E-state index contributed by atoms with van der Waals surface area (Å²) in [5.41, 5.74) is 3.10. The van der Waals surface area contributed by atoms with E-state index in [1.807, 2.05) is 6.08 Å². The molecule has 1 saturated carbocycles. The van der Waals surface area contributed by atoms with Crippen molar-refractivity contribution >= 4 is 0 Å². The lowest BCUT2D eigenvalue weighted by atomic mass is 9.83. The van der Waals surface area contributed by atoms with Crippen LogP contribution in [0.1, 0.15) is 32.1 Å². The molecule has 2 rings (SSSR count). The highest BCUT2D eigenvalue weighted by molar-refractivity contribution is 5.20. The second-order valence-corrected chi connectivity index (χ2v) is 4.55. The lowest BCUT2D eigenvalue weighted by Crippen LogP contribution is -2.96. The van der Waals surface area contributed by atoms with E-state index in [4.69, 9.17) is 0 Å². The Balaban J connectivity index is 2.03. The molecule has 0 saturated heterocycles. The molecule has 0 aromatic carbocycles. The van der Waals surface area contributed by atoms with Gasteiger partial charge in [-0.25, -0.2) is 0 Å². The zero-order valence-electron chi connectivity index (χ0n) is 8.84. The number of fused-ring (bicyclic) bond motifs is 1. The van der Waals surface area contributed by atoms with Crippen molar-refractivity contribution in [1.29, 1.82) is 0 Å². The van der Waals surface area contributed by atoms with Crippen LogP contribution in [0.4, 0.5) is 0 Å². The highest BCUT2D eigenvalue weighted by Crippen LogP contribution is 2.27. The Labute approximate surface area is 86.6 Å². The molecular weight excluding hydrogens is 170 g/mol. The van der Waals surface area contributed by atoms with Crippen LogP contribution >= 0.6 is 0 Å². The molecule has 76 valence electrons. The third-order valence-corrected chi connectivity index (χ3v) is 3.41. The van der Waals surface area contributed by atoms with Gasteiger partial charge in [0.15, 0.2) is 0 Å². The molecule has 0 bridgehead atoms. The molecule has 0 spiro atoms. The van der Waals surface area contributed by atoms with Crippen LogP contribution in [-0.2, 0) is 0 Å². The average molecular weight is 190 g/mol. The summed E-state index contributed by atoms with van der Waals surface area (Å²) in [7, 11) is 0. The average Bonchev–Trinajstić information content (AvgIpc) is 2.17. The van der Waals surface area contributed by atoms with Crippen LogP contribution in [0.5, 0.6) is 0 Å². The summed E-state index contributed by atoms with van der Waals surface area (Å²) in [6.07, 6.45) is 10.5. The highest BCUT2D eigenvalue weighted by Gasteiger charge is 2.29. The van der Waals surface area contributed by atoms with Crippen molar-refractivity contribution < 1.29 is 5.32 Å². The molecule has 2 aliphatic rings. The number of rotatable bonds is 2. The van der Waals surface area contributed by atoms with Gasteiger partial charge in [0.05, 0.1) is 6.04 Å². The molecular formula is C13H20N+. The number of hydrogen-bond donors (Lipinski definition) is 1. The maximum Gasteiger partial charge on any atom is 0.111 e. The van der Waals surface area contributed by atoms with Gasteiger partial charge >= 0.3 is 0 Å². The zero-order chi connectivity index (χ0) is 9.97. The minimum Gasteiger partial charge on any atom is -0.337 e. The van der Waals surface area contributed by atoms with Gasteiger partial charge in [-0.3, -0.25) is 0 Å². The molecule has 2 N–H and O–H groups in total. The Morgan fingerprint density at radius 2 is 2.36 bits per heavy atom. The van der Waals surface area contributed by atoms with E-state index in [9.17, 15) is 0 Å². The van der Waals surface area contributed by atoms with Crippen molar-refractivity contribution in [2.45, 2.75) is 44.2 Å². The van der Waals surface area contributed by atoms with Crippen molar-refractivity contribution in [1.82, 2.24) is 0 Å². The van der Waals surface area contributed by atoms with Crippen molar-refractivity contribution in [3.05, 3.63) is 36.5 Å². The topological polar surface area (TPSA) is 16.6 Å². The van der Waals surface area contributed by atoms with Gasteiger partial charge in [0.1, 0.15) is 6.04 Å². The molecule has 1 heteroatoms. The largest absolute Gasteiger partial charge is 0.337 e. The quantitative estimate of drug-likeness (QED) is 0.641. The number of hydrogen-bond acceptors (Lipinski definition) is 0. The summed E-state index contributed by atoms with van der Waals surface area (Å²) in [6, 6.07) is 1.43. The number of quaternary nitrogens is 1. The summed E-state index contributed by atoms with van der Waals surface area (Å²) >= 11 is 0. The summed E-state index contributed by atoms with van der Waals surface area (Å²) in [5.74, 6) is 0. The molecule has 0 aromatic rings. The predicted molar refractivity (Wildman–Crippen MR) is 60.0 cm³/mol. The summed E-state index contributed by atoms with van der Waals surface area (Å²) in [6.45, 7) is 7.92. The second kappa shape index (κ2) is 4.14. The molecule has 2 atom stereocenters. The fourth-order valence-corrected chi connectivity index (χ4v) is 2.59. The molecule has 1 nitrogen and oxygen atoms in total. The third-order valence-electron chi connectivity index (χ3n) is 3.41. The molecule has 1 aliphatic carbocycles. The Hall–Kier alpha value is -0.820. The van der Waals surface area contributed by atoms with Gasteiger partial charge in [-0.15, -0.1) is 6.58 Å². The van der Waals surface area contributed by atoms with E-state index in [1.54, 1.807) is 5.57 Å². The first-order valence-electron chi connectivity index (χ1n) is 5.61. The Bertz CT molecular complexity index is 275. The van der Waals surface area contributed by atoms with Gasteiger partial charge < -0.3 is 5.32 Å². The molecule has 0 amide bonds. The van der Waals surface area contributed by atoms with Crippen molar-refractivity contribution in [3.63, 3.8) is 0 Å². The van der Waals surface area contributed by atoms with E-state index in [0.29, 0.717) is 6.04 Å². The summed E-state index contributed by atoms with van der Waals surface area (Å²) in [4.78, 5) is 0. The van der Waals surface area contributed by atoms with Gasteiger partial charge in [-0.05, 0) is 18.4 Å². The van der Waals surface area contributed by atoms with Crippen LogP contribution in [0.15, 0.2) is 36.5 Å². The Kier molecular flexibility index (Phi) is 2.87. The lowest BCUT2D eigenvalue weighted by Gasteiger charge is -2.32. The monoisotopic (exact) mass is 190 g/mol. The van der Waals surface area contributed by atoms with E-state index in [1.165, 1.54) is 31.3 Å². The normalized spacial score (nSPS) is 32.0. The van der Waals surface area contributed by atoms with Crippen LogP contribution in [0.2, 0.25) is 0 Å². The third kappa shape index (κ3) is 1.98. The minimum atomic E-state index is 0.704.